The van der Waals surface area contributed by atoms with Gasteiger partial charge < -0.3 is 0 Å². The minimum Gasteiger partial charge on any atom is -0.289 e. The molecule has 0 aliphatic heterocycles. The molecule has 0 amide bonds. The van der Waals surface area contributed by atoms with Crippen molar-refractivity contribution in [1.82, 2.24) is 9.55 Å². The number of rotatable bonds is 2. The van der Waals surface area contributed by atoms with Gasteiger partial charge >= 0.3 is 0 Å². The van der Waals surface area contributed by atoms with Crippen LogP contribution in [-0.4, -0.2) is 9.55 Å². The molecule has 0 bridgehead atoms. The molecular formula is C14H15ClN2O. The van der Waals surface area contributed by atoms with Gasteiger partial charge in [0, 0.05) is 5.54 Å². The van der Waals surface area contributed by atoms with E-state index in [2.05, 4.69) is 11.9 Å². The number of para-hydroxylation sites is 1. The van der Waals surface area contributed by atoms with Crippen LogP contribution >= 0.6 is 11.6 Å². The largest absolute Gasteiger partial charge is 0.289 e. The SMILES string of the molecule is CC1(n2c(CCl)nc3ccccc3c2=O)CCC1. The standard InChI is InChI=1S/C14H15ClN2O/c1-14(7-4-8-14)17-12(9-15)16-11-6-3-2-5-10(11)13(17)18/h2-3,5-6H,4,7-9H2,1H3. The van der Waals surface area contributed by atoms with Gasteiger partial charge in [-0.2, -0.15) is 0 Å². The molecule has 1 aliphatic carbocycles. The van der Waals surface area contributed by atoms with Crippen molar-refractivity contribution < 1.29 is 0 Å². The third-order valence-corrected chi connectivity index (χ3v) is 4.17. The fraction of sp³-hybridized carbons (Fsp3) is 0.429. The monoisotopic (exact) mass is 262 g/mol. The first-order valence-corrected chi connectivity index (χ1v) is 6.76. The molecule has 0 spiro atoms. The quantitative estimate of drug-likeness (QED) is 0.780. The van der Waals surface area contributed by atoms with Gasteiger partial charge in [-0.1, -0.05) is 12.1 Å². The number of aromatic nitrogens is 2. The van der Waals surface area contributed by atoms with Crippen molar-refractivity contribution in [3.8, 4) is 0 Å². The molecule has 1 heterocycles. The Hall–Kier alpha value is -1.35. The van der Waals surface area contributed by atoms with E-state index in [1.165, 1.54) is 0 Å². The van der Waals surface area contributed by atoms with Gasteiger partial charge in [-0.25, -0.2) is 4.98 Å². The van der Waals surface area contributed by atoms with E-state index in [9.17, 15) is 4.79 Å². The summed E-state index contributed by atoms with van der Waals surface area (Å²) in [6, 6.07) is 7.46. The Labute approximate surface area is 110 Å². The maximum Gasteiger partial charge on any atom is 0.261 e. The summed E-state index contributed by atoms with van der Waals surface area (Å²) in [5.41, 5.74) is 0.675. The Morgan fingerprint density at radius 3 is 2.72 bits per heavy atom. The van der Waals surface area contributed by atoms with Gasteiger partial charge in [-0.05, 0) is 38.3 Å². The molecule has 0 atom stereocenters. The molecule has 1 aliphatic rings. The van der Waals surface area contributed by atoms with Crippen molar-refractivity contribution in [3.63, 3.8) is 0 Å². The van der Waals surface area contributed by atoms with Crippen LogP contribution in [0.5, 0.6) is 0 Å². The number of halogens is 1. The molecule has 1 aromatic carbocycles. The van der Waals surface area contributed by atoms with Crippen molar-refractivity contribution in [3.05, 3.63) is 40.4 Å². The second kappa shape index (κ2) is 4.09. The molecule has 1 saturated carbocycles. The molecule has 0 unspecified atom stereocenters. The summed E-state index contributed by atoms with van der Waals surface area (Å²) in [4.78, 5) is 17.1. The van der Waals surface area contributed by atoms with E-state index in [-0.39, 0.29) is 17.0 Å². The lowest BCUT2D eigenvalue weighted by molar-refractivity contribution is 0.158. The first-order chi connectivity index (χ1) is 8.65. The molecule has 94 valence electrons. The maximum atomic E-state index is 12.6. The second-order valence-corrected chi connectivity index (χ2v) is 5.44. The summed E-state index contributed by atoms with van der Waals surface area (Å²) < 4.78 is 1.81. The van der Waals surface area contributed by atoms with E-state index in [0.717, 1.165) is 24.8 Å². The van der Waals surface area contributed by atoms with Crippen molar-refractivity contribution in [2.24, 2.45) is 0 Å². The van der Waals surface area contributed by atoms with Crippen molar-refractivity contribution >= 4 is 22.5 Å². The zero-order chi connectivity index (χ0) is 12.8. The van der Waals surface area contributed by atoms with E-state index in [0.29, 0.717) is 11.2 Å². The van der Waals surface area contributed by atoms with Crippen LogP contribution in [0.1, 0.15) is 32.0 Å². The lowest BCUT2D eigenvalue weighted by Gasteiger charge is -2.41. The molecule has 0 radical (unpaired) electrons. The number of nitrogens with zero attached hydrogens (tertiary/aromatic N) is 2. The number of hydrogen-bond donors (Lipinski definition) is 0. The zero-order valence-electron chi connectivity index (χ0n) is 10.3. The minimum absolute atomic E-state index is 0.0402. The second-order valence-electron chi connectivity index (χ2n) is 5.17. The normalized spacial score (nSPS) is 17.7. The van der Waals surface area contributed by atoms with E-state index >= 15 is 0 Å². The molecule has 18 heavy (non-hydrogen) atoms. The Kier molecular flexibility index (Phi) is 2.67. The smallest absolute Gasteiger partial charge is 0.261 e. The number of fused-ring (bicyclic) bond motifs is 1. The molecule has 3 nitrogen and oxygen atoms in total. The highest BCUT2D eigenvalue weighted by molar-refractivity contribution is 6.16. The van der Waals surface area contributed by atoms with Crippen LogP contribution in [0.25, 0.3) is 10.9 Å². The summed E-state index contributed by atoms with van der Waals surface area (Å²) in [6.45, 7) is 2.12. The van der Waals surface area contributed by atoms with E-state index < -0.39 is 0 Å². The molecule has 4 heteroatoms. The molecule has 1 fully saturated rings. The van der Waals surface area contributed by atoms with E-state index in [1.807, 2.05) is 28.8 Å². The summed E-state index contributed by atoms with van der Waals surface area (Å²) in [6.07, 6.45) is 3.21. The predicted octanol–water partition coefficient (Wildman–Crippen LogP) is 3.03. The molecule has 3 rings (SSSR count). The number of alkyl halides is 1. The summed E-state index contributed by atoms with van der Waals surface area (Å²) in [5.74, 6) is 0.956. The Bertz CT molecular complexity index is 658. The van der Waals surface area contributed by atoms with Gasteiger partial charge in [0.2, 0.25) is 0 Å². The molecular weight excluding hydrogens is 248 g/mol. The fourth-order valence-corrected chi connectivity index (χ4v) is 2.92. The van der Waals surface area contributed by atoms with Gasteiger partial charge in [0.05, 0.1) is 16.8 Å². The fourth-order valence-electron chi connectivity index (χ4n) is 2.74. The van der Waals surface area contributed by atoms with Gasteiger partial charge in [-0.15, -0.1) is 11.6 Å². The van der Waals surface area contributed by atoms with Crippen LogP contribution in [0.3, 0.4) is 0 Å². The average molecular weight is 263 g/mol. The molecule has 0 saturated heterocycles. The Morgan fingerprint density at radius 2 is 2.11 bits per heavy atom. The topological polar surface area (TPSA) is 34.9 Å². The van der Waals surface area contributed by atoms with Crippen LogP contribution in [-0.2, 0) is 11.4 Å². The molecule has 2 aromatic rings. The summed E-state index contributed by atoms with van der Waals surface area (Å²) in [5, 5.41) is 0.680. The summed E-state index contributed by atoms with van der Waals surface area (Å²) >= 11 is 5.97. The van der Waals surface area contributed by atoms with Gasteiger partial charge in [0.15, 0.2) is 0 Å². The number of benzene rings is 1. The lowest BCUT2D eigenvalue weighted by Crippen LogP contribution is -2.45. The zero-order valence-corrected chi connectivity index (χ0v) is 11.1. The highest BCUT2D eigenvalue weighted by Crippen LogP contribution is 2.38. The molecule has 0 N–H and O–H groups in total. The Balaban J connectivity index is 2.35. The van der Waals surface area contributed by atoms with Gasteiger partial charge in [-0.3, -0.25) is 9.36 Å². The van der Waals surface area contributed by atoms with Crippen LogP contribution < -0.4 is 5.56 Å². The average Bonchev–Trinajstić information content (AvgIpc) is 2.36. The van der Waals surface area contributed by atoms with Gasteiger partial charge in [0.25, 0.3) is 5.56 Å². The first kappa shape index (κ1) is 11.7. The van der Waals surface area contributed by atoms with Crippen LogP contribution in [0, 0.1) is 0 Å². The summed E-state index contributed by atoms with van der Waals surface area (Å²) in [7, 11) is 0. The van der Waals surface area contributed by atoms with Crippen LogP contribution in [0.15, 0.2) is 29.1 Å². The first-order valence-electron chi connectivity index (χ1n) is 6.23. The van der Waals surface area contributed by atoms with Crippen LogP contribution in [0.2, 0.25) is 0 Å². The highest BCUT2D eigenvalue weighted by atomic mass is 35.5. The minimum atomic E-state index is -0.0989. The maximum absolute atomic E-state index is 12.6. The van der Waals surface area contributed by atoms with E-state index in [1.54, 1.807) is 0 Å². The van der Waals surface area contributed by atoms with Crippen molar-refractivity contribution in [2.45, 2.75) is 37.6 Å². The van der Waals surface area contributed by atoms with Crippen molar-refractivity contribution in [1.29, 1.82) is 0 Å². The number of hydrogen-bond acceptors (Lipinski definition) is 2. The van der Waals surface area contributed by atoms with Gasteiger partial charge in [0.1, 0.15) is 5.82 Å². The van der Waals surface area contributed by atoms with Crippen LogP contribution in [0.4, 0.5) is 0 Å². The lowest BCUT2D eigenvalue weighted by atomic mass is 9.78. The van der Waals surface area contributed by atoms with Crippen molar-refractivity contribution in [2.75, 3.05) is 0 Å². The predicted molar refractivity (Wildman–Crippen MR) is 73.1 cm³/mol. The Morgan fingerprint density at radius 1 is 1.39 bits per heavy atom. The third-order valence-electron chi connectivity index (χ3n) is 3.94. The highest BCUT2D eigenvalue weighted by Gasteiger charge is 2.36. The third kappa shape index (κ3) is 1.57. The van der Waals surface area contributed by atoms with E-state index in [4.69, 9.17) is 11.6 Å². The molecule has 1 aromatic heterocycles.